The van der Waals surface area contributed by atoms with Crippen LogP contribution < -0.4 is 0 Å². The normalized spacial score (nSPS) is 24.9. The van der Waals surface area contributed by atoms with Crippen molar-refractivity contribution in [3.8, 4) is 0 Å². The summed E-state index contributed by atoms with van der Waals surface area (Å²) in [6.07, 6.45) is 3.46. The van der Waals surface area contributed by atoms with Crippen LogP contribution in [-0.4, -0.2) is 73.5 Å². The van der Waals surface area contributed by atoms with Crippen molar-refractivity contribution in [2.45, 2.75) is 25.8 Å². The summed E-state index contributed by atoms with van der Waals surface area (Å²) >= 11 is 0. The van der Waals surface area contributed by atoms with E-state index in [1.165, 1.54) is 18.4 Å². The van der Waals surface area contributed by atoms with E-state index in [0.29, 0.717) is 6.54 Å². The Kier molecular flexibility index (Phi) is 5.99. The molecule has 2 saturated heterocycles. The van der Waals surface area contributed by atoms with Crippen LogP contribution >= 0.6 is 0 Å². The molecule has 0 aliphatic carbocycles. The van der Waals surface area contributed by atoms with E-state index in [1.807, 2.05) is 6.07 Å². The van der Waals surface area contributed by atoms with E-state index in [1.54, 1.807) is 0 Å². The number of benzene rings is 1. The quantitative estimate of drug-likeness (QED) is 0.772. The Hall–Kier alpha value is -1.44. The molecule has 7 heteroatoms. The van der Waals surface area contributed by atoms with Crippen LogP contribution in [0.15, 0.2) is 30.3 Å². The highest BCUT2D eigenvalue weighted by atomic mass is 32.2. The molecule has 1 aromatic carbocycles. The summed E-state index contributed by atoms with van der Waals surface area (Å²) in [6, 6.07) is 10.5. The van der Waals surface area contributed by atoms with Crippen LogP contribution in [0.5, 0.6) is 0 Å². The van der Waals surface area contributed by atoms with Gasteiger partial charge >= 0.3 is 5.97 Å². The molecule has 2 aliphatic heterocycles. The van der Waals surface area contributed by atoms with Gasteiger partial charge in [-0.05, 0) is 43.3 Å². The van der Waals surface area contributed by atoms with E-state index in [4.69, 9.17) is 5.11 Å². The largest absolute Gasteiger partial charge is 0.480 e. The Morgan fingerprint density at radius 2 is 1.81 bits per heavy atom. The topological polar surface area (TPSA) is 77.9 Å². The lowest BCUT2D eigenvalue weighted by atomic mass is 9.79. The number of carboxylic acid groups (broad SMARTS) is 1. The van der Waals surface area contributed by atoms with Crippen molar-refractivity contribution >= 4 is 15.8 Å². The van der Waals surface area contributed by atoms with Gasteiger partial charge in [-0.3, -0.25) is 9.69 Å². The second-order valence-corrected chi connectivity index (χ2v) is 10.00. The highest BCUT2D eigenvalue weighted by Gasteiger charge is 2.41. The molecular weight excluding hydrogens is 352 g/mol. The Balaban J connectivity index is 1.52. The minimum atomic E-state index is -3.51. The van der Waals surface area contributed by atoms with Crippen molar-refractivity contribution in [3.05, 3.63) is 35.9 Å². The maximum absolute atomic E-state index is 11.8. The van der Waals surface area contributed by atoms with Gasteiger partial charge in [0.05, 0.1) is 5.75 Å². The molecule has 1 N–H and O–H groups in total. The molecule has 144 valence electrons. The number of aliphatic carboxylic acids is 1. The minimum Gasteiger partial charge on any atom is -0.480 e. The van der Waals surface area contributed by atoms with Gasteiger partial charge in [-0.2, -0.15) is 0 Å². The predicted octanol–water partition coefficient (Wildman–Crippen LogP) is 1.47. The fraction of sp³-hybridized carbons (Fsp3) is 0.632. The second-order valence-electron chi connectivity index (χ2n) is 7.81. The molecule has 2 heterocycles. The van der Waals surface area contributed by atoms with Crippen molar-refractivity contribution in [1.82, 2.24) is 9.80 Å². The Morgan fingerprint density at radius 1 is 1.08 bits per heavy atom. The van der Waals surface area contributed by atoms with Gasteiger partial charge in [0.15, 0.2) is 9.84 Å². The summed E-state index contributed by atoms with van der Waals surface area (Å²) in [7, 11) is -3.51. The van der Waals surface area contributed by atoms with Crippen molar-refractivity contribution in [3.63, 3.8) is 0 Å². The molecular formula is C19H28N2O4S. The highest BCUT2D eigenvalue weighted by Crippen LogP contribution is 2.39. The van der Waals surface area contributed by atoms with Crippen LogP contribution in [0.1, 0.15) is 24.8 Å². The summed E-state index contributed by atoms with van der Waals surface area (Å²) in [5.74, 6) is -2.10. The summed E-state index contributed by atoms with van der Waals surface area (Å²) in [6.45, 7) is 5.40. The van der Waals surface area contributed by atoms with E-state index in [-0.39, 0.29) is 11.2 Å². The highest BCUT2D eigenvalue weighted by molar-refractivity contribution is 7.92. The molecule has 0 amide bonds. The first-order chi connectivity index (χ1) is 12.4. The van der Waals surface area contributed by atoms with Crippen LogP contribution in [0, 0.1) is 5.41 Å². The van der Waals surface area contributed by atoms with Gasteiger partial charge in [0, 0.05) is 26.2 Å². The van der Waals surface area contributed by atoms with Crippen LogP contribution in [0.3, 0.4) is 0 Å². The molecule has 0 radical (unpaired) electrons. The monoisotopic (exact) mass is 380 g/mol. The number of nitrogens with zero attached hydrogens (tertiary/aromatic N) is 2. The van der Waals surface area contributed by atoms with Gasteiger partial charge in [0.2, 0.25) is 0 Å². The molecule has 26 heavy (non-hydrogen) atoms. The molecule has 0 saturated carbocycles. The van der Waals surface area contributed by atoms with Crippen molar-refractivity contribution in [1.29, 1.82) is 0 Å². The van der Waals surface area contributed by atoms with Gasteiger partial charge in [0.1, 0.15) is 5.75 Å². The number of rotatable bonds is 7. The van der Waals surface area contributed by atoms with Gasteiger partial charge < -0.3 is 10.0 Å². The first-order valence-corrected chi connectivity index (χ1v) is 11.1. The first kappa shape index (κ1) is 19.3. The minimum absolute atomic E-state index is 0.0664. The molecule has 1 unspecified atom stereocenters. The molecule has 2 aliphatic rings. The van der Waals surface area contributed by atoms with Crippen molar-refractivity contribution in [2.75, 3.05) is 44.2 Å². The number of carboxylic acids is 1. The number of piperidine rings is 1. The van der Waals surface area contributed by atoms with Crippen molar-refractivity contribution < 1.29 is 18.3 Å². The van der Waals surface area contributed by atoms with E-state index >= 15 is 0 Å². The van der Waals surface area contributed by atoms with Crippen LogP contribution in [0.25, 0.3) is 0 Å². The Labute approximate surface area is 155 Å². The van der Waals surface area contributed by atoms with Gasteiger partial charge in [-0.25, -0.2) is 8.42 Å². The number of sulfone groups is 1. The Morgan fingerprint density at radius 3 is 2.54 bits per heavy atom. The van der Waals surface area contributed by atoms with Crippen LogP contribution in [0.4, 0.5) is 0 Å². The first-order valence-electron chi connectivity index (χ1n) is 9.27. The predicted molar refractivity (Wildman–Crippen MR) is 101 cm³/mol. The smallest absolute Gasteiger partial charge is 0.318 e. The average Bonchev–Trinajstić information content (AvgIpc) is 2.95. The lowest BCUT2D eigenvalue weighted by Gasteiger charge is -2.40. The van der Waals surface area contributed by atoms with E-state index in [2.05, 4.69) is 34.1 Å². The summed E-state index contributed by atoms with van der Waals surface area (Å²) in [5, 5.41) is 8.69. The lowest BCUT2D eigenvalue weighted by Crippen LogP contribution is -2.44. The number of hydrogen-bond acceptors (Lipinski definition) is 5. The third-order valence-corrected chi connectivity index (χ3v) is 7.06. The fourth-order valence-electron chi connectivity index (χ4n) is 4.37. The van der Waals surface area contributed by atoms with E-state index in [0.717, 1.165) is 39.1 Å². The number of carbonyl (C=O) groups is 1. The molecule has 1 aromatic rings. The molecule has 0 bridgehead atoms. The SMILES string of the molecule is O=C(O)CS(=O)(=O)CCN1CCC2(CCCN(Cc3ccccc3)C2)C1. The maximum atomic E-state index is 11.8. The molecule has 1 spiro atoms. The molecule has 6 nitrogen and oxygen atoms in total. The lowest BCUT2D eigenvalue weighted by molar-refractivity contribution is -0.134. The van der Waals surface area contributed by atoms with E-state index in [9.17, 15) is 13.2 Å². The molecule has 1 atom stereocenters. The fourth-order valence-corrected chi connectivity index (χ4v) is 5.42. The molecule has 0 aromatic heterocycles. The number of likely N-dealkylation sites (tertiary alicyclic amines) is 2. The Bertz CT molecular complexity index is 722. The van der Waals surface area contributed by atoms with Crippen LogP contribution in [-0.2, 0) is 21.2 Å². The van der Waals surface area contributed by atoms with Crippen LogP contribution in [0.2, 0.25) is 0 Å². The number of hydrogen-bond donors (Lipinski definition) is 1. The standard InChI is InChI=1S/C19H28N2O4S/c22-18(23)14-26(24,25)12-11-20-10-8-19(15-20)7-4-9-21(16-19)13-17-5-2-1-3-6-17/h1-3,5-6H,4,7-16H2,(H,22,23). The summed E-state index contributed by atoms with van der Waals surface area (Å²) in [4.78, 5) is 15.4. The van der Waals surface area contributed by atoms with Gasteiger partial charge in [-0.1, -0.05) is 30.3 Å². The second kappa shape index (κ2) is 8.06. The zero-order valence-corrected chi connectivity index (χ0v) is 16.0. The zero-order chi connectivity index (χ0) is 18.6. The van der Waals surface area contributed by atoms with Crippen molar-refractivity contribution in [2.24, 2.45) is 5.41 Å². The van der Waals surface area contributed by atoms with E-state index < -0.39 is 21.6 Å². The third-order valence-electron chi connectivity index (χ3n) is 5.57. The maximum Gasteiger partial charge on any atom is 0.318 e. The summed E-state index contributed by atoms with van der Waals surface area (Å²) in [5.41, 5.74) is 1.59. The van der Waals surface area contributed by atoms with Gasteiger partial charge in [0.25, 0.3) is 0 Å². The third kappa shape index (κ3) is 5.28. The molecule has 2 fully saturated rings. The summed E-state index contributed by atoms with van der Waals surface area (Å²) < 4.78 is 23.6. The average molecular weight is 381 g/mol. The molecule has 3 rings (SSSR count). The zero-order valence-electron chi connectivity index (χ0n) is 15.1. The van der Waals surface area contributed by atoms with Gasteiger partial charge in [-0.15, -0.1) is 0 Å².